The van der Waals surface area contributed by atoms with E-state index in [1.165, 1.54) is 6.08 Å². The summed E-state index contributed by atoms with van der Waals surface area (Å²) in [6.45, 7) is 5.46. The summed E-state index contributed by atoms with van der Waals surface area (Å²) in [6.07, 6.45) is 5.02. The molecular weight excluding hydrogens is 152 g/mol. The van der Waals surface area contributed by atoms with Crippen molar-refractivity contribution in [3.05, 3.63) is 12.7 Å². The Bertz CT molecular complexity index is 141. The van der Waals surface area contributed by atoms with Crippen molar-refractivity contribution in [3.63, 3.8) is 0 Å². The molecule has 1 unspecified atom stereocenters. The van der Waals surface area contributed by atoms with Gasteiger partial charge < -0.3 is 5.11 Å². The fourth-order valence-corrected chi connectivity index (χ4v) is 1.05. The Kier molecular flexibility index (Phi) is 6.67. The minimum absolute atomic E-state index is 0.0704. The lowest BCUT2D eigenvalue weighted by molar-refractivity contribution is -0.116. The number of hydrogen-bond donors (Lipinski definition) is 1. The average molecular weight is 170 g/mol. The highest BCUT2D eigenvalue weighted by molar-refractivity contribution is 5.89. The summed E-state index contributed by atoms with van der Waals surface area (Å²) in [5.74, 6) is -0.0704. The van der Waals surface area contributed by atoms with Gasteiger partial charge in [-0.2, -0.15) is 0 Å². The molecule has 2 heteroatoms. The van der Waals surface area contributed by atoms with Gasteiger partial charge in [0.25, 0.3) is 0 Å². The van der Waals surface area contributed by atoms with Crippen LogP contribution in [0.2, 0.25) is 0 Å². The van der Waals surface area contributed by atoms with E-state index in [9.17, 15) is 9.90 Å². The van der Waals surface area contributed by atoms with Crippen molar-refractivity contribution in [2.24, 2.45) is 0 Å². The minimum atomic E-state index is -0.470. The smallest absolute Gasteiger partial charge is 0.157 e. The molecule has 0 radical (unpaired) electrons. The van der Waals surface area contributed by atoms with Gasteiger partial charge in [0.2, 0.25) is 0 Å². The normalized spacial score (nSPS) is 12.5. The van der Waals surface area contributed by atoms with E-state index in [-0.39, 0.29) is 12.2 Å². The van der Waals surface area contributed by atoms with Gasteiger partial charge in [-0.1, -0.05) is 32.8 Å². The van der Waals surface area contributed by atoms with Gasteiger partial charge in [-0.3, -0.25) is 4.79 Å². The summed E-state index contributed by atoms with van der Waals surface area (Å²) < 4.78 is 0. The summed E-state index contributed by atoms with van der Waals surface area (Å²) >= 11 is 0. The van der Waals surface area contributed by atoms with E-state index in [1.54, 1.807) is 0 Å². The Balaban J connectivity index is 3.38. The lowest BCUT2D eigenvalue weighted by atomic mass is 10.1. The zero-order valence-corrected chi connectivity index (χ0v) is 7.75. The molecule has 0 aliphatic heterocycles. The maximum atomic E-state index is 10.8. The molecule has 0 bridgehead atoms. The zero-order valence-electron chi connectivity index (χ0n) is 7.75. The number of hydrogen-bond acceptors (Lipinski definition) is 2. The molecule has 0 aromatic heterocycles. The Hall–Kier alpha value is -0.630. The molecule has 0 rings (SSSR count). The zero-order chi connectivity index (χ0) is 9.40. The molecule has 1 atom stereocenters. The van der Waals surface area contributed by atoms with Crippen LogP contribution in [0.1, 0.15) is 39.0 Å². The third kappa shape index (κ3) is 6.10. The SMILES string of the molecule is C=CC(=O)CC(O)CCCCC. The minimum Gasteiger partial charge on any atom is -0.393 e. The second-order valence-electron chi connectivity index (χ2n) is 3.02. The molecule has 1 N–H and O–H groups in total. The molecular formula is C10H18O2. The monoisotopic (exact) mass is 170 g/mol. The van der Waals surface area contributed by atoms with Crippen molar-refractivity contribution < 1.29 is 9.90 Å². The largest absolute Gasteiger partial charge is 0.393 e. The highest BCUT2D eigenvalue weighted by Gasteiger charge is 2.06. The first-order chi connectivity index (χ1) is 5.70. The van der Waals surface area contributed by atoms with Crippen LogP contribution in [0, 0.1) is 0 Å². The van der Waals surface area contributed by atoms with Crippen LogP contribution >= 0.6 is 0 Å². The Morgan fingerprint density at radius 2 is 2.25 bits per heavy atom. The van der Waals surface area contributed by atoms with Gasteiger partial charge in [0.15, 0.2) is 5.78 Å². The Morgan fingerprint density at radius 3 is 2.75 bits per heavy atom. The van der Waals surface area contributed by atoms with Gasteiger partial charge in [-0.15, -0.1) is 0 Å². The first-order valence-corrected chi connectivity index (χ1v) is 4.54. The number of carbonyl (C=O) groups excluding carboxylic acids is 1. The number of carbonyl (C=O) groups is 1. The highest BCUT2D eigenvalue weighted by atomic mass is 16.3. The van der Waals surface area contributed by atoms with Gasteiger partial charge in [0.05, 0.1) is 6.10 Å². The lowest BCUT2D eigenvalue weighted by Gasteiger charge is -2.06. The number of unbranched alkanes of at least 4 members (excludes halogenated alkanes) is 2. The van der Waals surface area contributed by atoms with Crippen molar-refractivity contribution >= 4 is 5.78 Å². The van der Waals surface area contributed by atoms with Crippen LogP contribution in [0.15, 0.2) is 12.7 Å². The van der Waals surface area contributed by atoms with Crippen LogP contribution in [0.25, 0.3) is 0 Å². The maximum absolute atomic E-state index is 10.8. The molecule has 0 aromatic rings. The number of aliphatic hydroxyl groups excluding tert-OH is 1. The van der Waals surface area contributed by atoms with E-state index < -0.39 is 6.10 Å². The second-order valence-corrected chi connectivity index (χ2v) is 3.02. The van der Waals surface area contributed by atoms with Gasteiger partial charge in [-0.05, 0) is 12.5 Å². The fourth-order valence-electron chi connectivity index (χ4n) is 1.05. The molecule has 0 aromatic carbocycles. The van der Waals surface area contributed by atoms with Crippen LogP contribution in [0.3, 0.4) is 0 Å². The van der Waals surface area contributed by atoms with Crippen molar-refractivity contribution in [3.8, 4) is 0 Å². The topological polar surface area (TPSA) is 37.3 Å². The number of ketones is 1. The predicted octanol–water partition coefficient (Wildman–Crippen LogP) is 2.07. The summed E-state index contributed by atoms with van der Waals surface area (Å²) in [5.41, 5.74) is 0. The molecule has 0 amide bonds. The van der Waals surface area contributed by atoms with E-state index in [1.807, 2.05) is 0 Å². The molecule has 0 heterocycles. The van der Waals surface area contributed by atoms with Gasteiger partial charge >= 0.3 is 0 Å². The Morgan fingerprint density at radius 1 is 1.58 bits per heavy atom. The van der Waals surface area contributed by atoms with Gasteiger partial charge in [0.1, 0.15) is 0 Å². The van der Waals surface area contributed by atoms with E-state index in [4.69, 9.17) is 0 Å². The summed E-state index contributed by atoms with van der Waals surface area (Å²) in [4.78, 5) is 10.8. The van der Waals surface area contributed by atoms with Gasteiger partial charge in [-0.25, -0.2) is 0 Å². The molecule has 0 aliphatic carbocycles. The number of rotatable bonds is 7. The molecule has 0 saturated heterocycles. The number of allylic oxidation sites excluding steroid dienone is 1. The molecule has 0 saturated carbocycles. The van der Waals surface area contributed by atoms with Crippen LogP contribution in [-0.2, 0) is 4.79 Å². The van der Waals surface area contributed by atoms with Crippen LogP contribution in [-0.4, -0.2) is 17.0 Å². The van der Waals surface area contributed by atoms with Crippen molar-refractivity contribution in [1.82, 2.24) is 0 Å². The van der Waals surface area contributed by atoms with Crippen LogP contribution < -0.4 is 0 Å². The van der Waals surface area contributed by atoms with E-state index in [2.05, 4.69) is 13.5 Å². The van der Waals surface area contributed by atoms with Crippen molar-refractivity contribution in [1.29, 1.82) is 0 Å². The third-order valence-electron chi connectivity index (χ3n) is 1.81. The van der Waals surface area contributed by atoms with E-state index in [0.717, 1.165) is 25.7 Å². The van der Waals surface area contributed by atoms with Crippen LogP contribution in [0.4, 0.5) is 0 Å². The molecule has 70 valence electrons. The molecule has 0 aliphatic rings. The molecule has 0 spiro atoms. The quantitative estimate of drug-likeness (QED) is 0.469. The fraction of sp³-hybridized carbons (Fsp3) is 0.700. The predicted molar refractivity (Wildman–Crippen MR) is 50.0 cm³/mol. The first kappa shape index (κ1) is 11.4. The summed E-state index contributed by atoms with van der Waals surface area (Å²) in [7, 11) is 0. The average Bonchev–Trinajstić information content (AvgIpc) is 2.05. The van der Waals surface area contributed by atoms with Gasteiger partial charge in [0, 0.05) is 6.42 Å². The van der Waals surface area contributed by atoms with E-state index >= 15 is 0 Å². The molecule has 0 fully saturated rings. The second kappa shape index (κ2) is 7.04. The third-order valence-corrected chi connectivity index (χ3v) is 1.81. The van der Waals surface area contributed by atoms with Crippen molar-refractivity contribution in [2.45, 2.75) is 45.1 Å². The standard InChI is InChI=1S/C10H18O2/c1-3-5-6-7-10(12)8-9(11)4-2/h4,10,12H,2-3,5-8H2,1H3. The maximum Gasteiger partial charge on any atom is 0.157 e. The first-order valence-electron chi connectivity index (χ1n) is 4.54. The van der Waals surface area contributed by atoms with Crippen molar-refractivity contribution in [2.75, 3.05) is 0 Å². The Labute approximate surface area is 74.3 Å². The highest BCUT2D eigenvalue weighted by Crippen LogP contribution is 2.06. The van der Waals surface area contributed by atoms with E-state index in [0.29, 0.717) is 0 Å². The summed E-state index contributed by atoms with van der Waals surface area (Å²) in [5, 5.41) is 9.31. The van der Waals surface area contributed by atoms with Crippen LogP contribution in [0.5, 0.6) is 0 Å². The summed E-state index contributed by atoms with van der Waals surface area (Å²) in [6, 6.07) is 0. The molecule has 12 heavy (non-hydrogen) atoms. The number of aliphatic hydroxyl groups is 1. The lowest BCUT2D eigenvalue weighted by Crippen LogP contribution is -2.11. The molecule has 2 nitrogen and oxygen atoms in total.